The first kappa shape index (κ1) is 12.6. The molecule has 1 aliphatic carbocycles. The Kier molecular flexibility index (Phi) is 3.82. The van der Waals surface area contributed by atoms with Crippen LogP contribution < -0.4 is 4.90 Å². The summed E-state index contributed by atoms with van der Waals surface area (Å²) in [6, 6.07) is 0.521. The smallest absolute Gasteiger partial charge is 0.186 e. The molecule has 17 heavy (non-hydrogen) atoms. The van der Waals surface area contributed by atoms with Crippen molar-refractivity contribution in [3.8, 4) is 0 Å². The third-order valence-electron chi connectivity index (χ3n) is 3.53. The Morgan fingerprint density at radius 2 is 2.12 bits per heavy atom. The van der Waals surface area contributed by atoms with Gasteiger partial charge >= 0.3 is 0 Å². The maximum Gasteiger partial charge on any atom is 0.186 e. The van der Waals surface area contributed by atoms with Gasteiger partial charge in [-0.05, 0) is 25.7 Å². The lowest BCUT2D eigenvalue weighted by Crippen LogP contribution is -2.30. The van der Waals surface area contributed by atoms with Crippen molar-refractivity contribution in [3.63, 3.8) is 0 Å². The van der Waals surface area contributed by atoms with E-state index in [1.54, 1.807) is 11.3 Å². The summed E-state index contributed by atoms with van der Waals surface area (Å²) < 4.78 is 0. The van der Waals surface area contributed by atoms with E-state index in [-0.39, 0.29) is 0 Å². The van der Waals surface area contributed by atoms with E-state index < -0.39 is 0 Å². The van der Waals surface area contributed by atoms with Gasteiger partial charge in [0.05, 0.1) is 10.6 Å². The number of rotatable bonds is 6. The molecule has 0 spiro atoms. The molecule has 0 unspecified atom stereocenters. The molecule has 0 aliphatic heterocycles. The van der Waals surface area contributed by atoms with Crippen molar-refractivity contribution < 1.29 is 4.79 Å². The minimum absolute atomic E-state index is 0.521. The van der Waals surface area contributed by atoms with Gasteiger partial charge in [0.2, 0.25) is 0 Å². The van der Waals surface area contributed by atoms with E-state index in [0.717, 1.165) is 34.8 Å². The summed E-state index contributed by atoms with van der Waals surface area (Å²) in [4.78, 5) is 18.8. The highest BCUT2D eigenvalue weighted by Crippen LogP contribution is 2.43. The first-order valence-corrected chi connectivity index (χ1v) is 7.21. The molecule has 0 N–H and O–H groups in total. The molecular weight excluding hydrogens is 232 g/mol. The molecule has 2 rings (SSSR count). The fraction of sp³-hybridized carbons (Fsp3) is 0.692. The summed E-state index contributed by atoms with van der Waals surface area (Å²) in [5.74, 6) is 0.551. The maximum atomic E-state index is 11.1. The zero-order valence-corrected chi connectivity index (χ0v) is 11.6. The van der Waals surface area contributed by atoms with Gasteiger partial charge in [0.25, 0.3) is 0 Å². The van der Waals surface area contributed by atoms with Crippen LogP contribution in [0.2, 0.25) is 0 Å². The van der Waals surface area contributed by atoms with Gasteiger partial charge in [-0.2, -0.15) is 0 Å². The average molecular weight is 252 g/mol. The highest BCUT2D eigenvalue weighted by molar-refractivity contribution is 7.17. The molecule has 0 bridgehead atoms. The molecule has 0 radical (unpaired) electrons. The van der Waals surface area contributed by atoms with E-state index in [1.807, 2.05) is 0 Å². The van der Waals surface area contributed by atoms with Crippen LogP contribution in [0.25, 0.3) is 0 Å². The van der Waals surface area contributed by atoms with Gasteiger partial charge in [0, 0.05) is 19.0 Å². The SMILES string of the molecule is CCC(CC)N(C)c1nc(C2CC2)c(C=O)s1. The summed E-state index contributed by atoms with van der Waals surface area (Å²) >= 11 is 1.54. The lowest BCUT2D eigenvalue weighted by molar-refractivity contribution is 0.112. The van der Waals surface area contributed by atoms with Crippen LogP contribution in [0.15, 0.2) is 0 Å². The van der Waals surface area contributed by atoms with Crippen molar-refractivity contribution in [2.45, 2.75) is 51.5 Å². The first-order valence-electron chi connectivity index (χ1n) is 6.39. The maximum absolute atomic E-state index is 11.1. The Morgan fingerprint density at radius 3 is 2.59 bits per heavy atom. The number of hydrogen-bond acceptors (Lipinski definition) is 4. The van der Waals surface area contributed by atoms with Crippen LogP contribution in [0.4, 0.5) is 5.13 Å². The van der Waals surface area contributed by atoms with Crippen LogP contribution in [0.3, 0.4) is 0 Å². The summed E-state index contributed by atoms with van der Waals surface area (Å²) in [6.07, 6.45) is 5.58. The fourth-order valence-electron chi connectivity index (χ4n) is 2.21. The molecule has 1 heterocycles. The van der Waals surface area contributed by atoms with Crippen molar-refractivity contribution in [2.75, 3.05) is 11.9 Å². The van der Waals surface area contributed by atoms with Gasteiger partial charge in [-0.15, -0.1) is 0 Å². The Bertz CT molecular complexity index is 394. The Labute approximate surface area is 107 Å². The second-order valence-electron chi connectivity index (χ2n) is 4.72. The highest BCUT2D eigenvalue weighted by Gasteiger charge is 2.30. The number of aldehydes is 1. The Morgan fingerprint density at radius 1 is 1.47 bits per heavy atom. The van der Waals surface area contributed by atoms with E-state index in [0.29, 0.717) is 12.0 Å². The minimum Gasteiger partial charge on any atom is -0.348 e. The van der Waals surface area contributed by atoms with Crippen molar-refractivity contribution in [3.05, 3.63) is 10.6 Å². The zero-order valence-electron chi connectivity index (χ0n) is 10.8. The van der Waals surface area contributed by atoms with Crippen LogP contribution in [0, 0.1) is 0 Å². The lowest BCUT2D eigenvalue weighted by atomic mass is 10.1. The van der Waals surface area contributed by atoms with E-state index in [4.69, 9.17) is 0 Å². The zero-order chi connectivity index (χ0) is 12.4. The number of carbonyl (C=O) groups is 1. The predicted molar refractivity (Wildman–Crippen MR) is 72.2 cm³/mol. The number of carbonyl (C=O) groups excluding carboxylic acids is 1. The van der Waals surface area contributed by atoms with Crippen LogP contribution in [-0.4, -0.2) is 24.4 Å². The predicted octanol–water partition coefficient (Wildman–Crippen LogP) is 3.46. The fourth-order valence-corrected chi connectivity index (χ4v) is 3.21. The minimum atomic E-state index is 0.521. The summed E-state index contributed by atoms with van der Waals surface area (Å²) in [7, 11) is 2.09. The average Bonchev–Trinajstić information content (AvgIpc) is 3.10. The van der Waals surface area contributed by atoms with Crippen LogP contribution in [0.1, 0.15) is 60.8 Å². The second-order valence-corrected chi connectivity index (χ2v) is 5.73. The molecule has 0 amide bonds. The van der Waals surface area contributed by atoms with Crippen molar-refractivity contribution in [2.24, 2.45) is 0 Å². The highest BCUT2D eigenvalue weighted by atomic mass is 32.1. The molecule has 0 saturated heterocycles. The molecule has 1 aromatic rings. The van der Waals surface area contributed by atoms with Crippen molar-refractivity contribution in [1.82, 2.24) is 4.98 Å². The van der Waals surface area contributed by atoms with E-state index in [2.05, 4.69) is 30.8 Å². The topological polar surface area (TPSA) is 33.2 Å². The molecule has 0 atom stereocenters. The van der Waals surface area contributed by atoms with Gasteiger partial charge < -0.3 is 4.90 Å². The van der Waals surface area contributed by atoms with Crippen LogP contribution in [0.5, 0.6) is 0 Å². The Hall–Kier alpha value is -0.900. The number of nitrogens with zero attached hydrogens (tertiary/aromatic N) is 2. The Balaban J connectivity index is 2.23. The van der Waals surface area contributed by atoms with Gasteiger partial charge in [-0.1, -0.05) is 25.2 Å². The number of anilines is 1. The number of hydrogen-bond donors (Lipinski definition) is 0. The molecular formula is C13H20N2OS. The lowest BCUT2D eigenvalue weighted by Gasteiger charge is -2.25. The van der Waals surface area contributed by atoms with Gasteiger partial charge in [-0.3, -0.25) is 4.79 Å². The standard InChI is InChI=1S/C13H20N2OS/c1-4-10(5-2)15(3)13-14-12(9-6-7-9)11(8-16)17-13/h8-10H,4-7H2,1-3H3. The van der Waals surface area contributed by atoms with E-state index in [1.165, 1.54) is 12.8 Å². The van der Waals surface area contributed by atoms with Crippen LogP contribution in [-0.2, 0) is 0 Å². The third kappa shape index (κ3) is 2.51. The molecule has 0 aromatic carbocycles. The molecule has 1 aliphatic rings. The first-order chi connectivity index (χ1) is 8.21. The normalized spacial score (nSPS) is 15.3. The summed E-state index contributed by atoms with van der Waals surface area (Å²) in [5, 5.41) is 1.00. The quantitative estimate of drug-likeness (QED) is 0.727. The number of thiazole rings is 1. The second kappa shape index (κ2) is 5.17. The molecule has 1 saturated carbocycles. The molecule has 94 valence electrons. The van der Waals surface area contributed by atoms with Crippen molar-refractivity contribution in [1.29, 1.82) is 0 Å². The van der Waals surface area contributed by atoms with Gasteiger partial charge in [-0.25, -0.2) is 4.98 Å². The third-order valence-corrected chi connectivity index (χ3v) is 4.62. The van der Waals surface area contributed by atoms with E-state index >= 15 is 0 Å². The van der Waals surface area contributed by atoms with Crippen LogP contribution >= 0.6 is 11.3 Å². The molecule has 3 nitrogen and oxygen atoms in total. The number of aromatic nitrogens is 1. The monoisotopic (exact) mass is 252 g/mol. The molecule has 4 heteroatoms. The summed E-state index contributed by atoms with van der Waals surface area (Å²) in [5.41, 5.74) is 1.04. The van der Waals surface area contributed by atoms with Gasteiger partial charge in [0.15, 0.2) is 11.4 Å². The summed E-state index contributed by atoms with van der Waals surface area (Å²) in [6.45, 7) is 4.39. The molecule has 1 fully saturated rings. The molecule has 1 aromatic heterocycles. The van der Waals surface area contributed by atoms with E-state index in [9.17, 15) is 4.79 Å². The largest absolute Gasteiger partial charge is 0.348 e. The van der Waals surface area contributed by atoms with Gasteiger partial charge in [0.1, 0.15) is 0 Å². The van der Waals surface area contributed by atoms with Crippen molar-refractivity contribution >= 4 is 22.8 Å².